The molecule has 0 radical (unpaired) electrons. The Morgan fingerprint density at radius 3 is 2.33 bits per heavy atom. The van der Waals surface area contributed by atoms with Crippen molar-refractivity contribution in [2.75, 3.05) is 18.0 Å². The highest BCUT2D eigenvalue weighted by Gasteiger charge is 2.17. The lowest BCUT2D eigenvalue weighted by Gasteiger charge is -2.23. The summed E-state index contributed by atoms with van der Waals surface area (Å²) >= 11 is 0. The maximum Gasteiger partial charge on any atom is 0.240 e. The Bertz CT molecular complexity index is 820. The molecule has 2 rings (SSSR count). The third kappa shape index (κ3) is 4.39. The average molecular weight is 350 g/mol. The van der Waals surface area contributed by atoms with Gasteiger partial charge in [0, 0.05) is 25.7 Å². The van der Waals surface area contributed by atoms with E-state index in [0.29, 0.717) is 0 Å². The Morgan fingerprint density at radius 2 is 1.75 bits per heavy atom. The summed E-state index contributed by atoms with van der Waals surface area (Å²) in [7, 11) is -3.75. The standard InChI is InChI=1S/C17H19FN2O3S/c1-13-5-3-4-6-17(13)20(14(2)21)12-11-19-24(22,23)16-9-7-15(18)8-10-16/h3-10,19H,11-12H2,1-2H3. The summed E-state index contributed by atoms with van der Waals surface area (Å²) in [4.78, 5) is 13.4. The molecule has 0 aliphatic heterocycles. The zero-order chi connectivity index (χ0) is 17.7. The van der Waals surface area contributed by atoms with Crippen LogP contribution in [0.15, 0.2) is 53.4 Å². The highest BCUT2D eigenvalue weighted by atomic mass is 32.2. The van der Waals surface area contributed by atoms with Crippen molar-refractivity contribution >= 4 is 21.6 Å². The Balaban J connectivity index is 2.07. The largest absolute Gasteiger partial charge is 0.311 e. The molecule has 2 aromatic carbocycles. The maximum absolute atomic E-state index is 12.9. The number of aryl methyl sites for hydroxylation is 1. The molecule has 0 saturated carbocycles. The SMILES string of the molecule is CC(=O)N(CCNS(=O)(=O)c1ccc(F)cc1)c1ccccc1C. The summed E-state index contributed by atoms with van der Waals surface area (Å²) in [6, 6.07) is 11.9. The minimum atomic E-state index is -3.75. The number of hydrogen-bond donors (Lipinski definition) is 1. The molecule has 0 aliphatic carbocycles. The van der Waals surface area contributed by atoms with Crippen LogP contribution in [0, 0.1) is 12.7 Å². The van der Waals surface area contributed by atoms with Crippen LogP contribution in [0.4, 0.5) is 10.1 Å². The third-order valence-electron chi connectivity index (χ3n) is 3.54. The van der Waals surface area contributed by atoms with Gasteiger partial charge in [-0.2, -0.15) is 0 Å². The second-order valence-corrected chi connectivity index (χ2v) is 7.08. The van der Waals surface area contributed by atoms with E-state index in [9.17, 15) is 17.6 Å². The van der Waals surface area contributed by atoms with Crippen LogP contribution in [-0.4, -0.2) is 27.4 Å². The summed E-state index contributed by atoms with van der Waals surface area (Å²) in [6.07, 6.45) is 0. The maximum atomic E-state index is 12.9. The Kier molecular flexibility index (Phi) is 5.69. The molecule has 0 fully saturated rings. The molecule has 5 nitrogen and oxygen atoms in total. The van der Waals surface area contributed by atoms with Crippen LogP contribution in [0.2, 0.25) is 0 Å². The van der Waals surface area contributed by atoms with Gasteiger partial charge in [0.15, 0.2) is 0 Å². The van der Waals surface area contributed by atoms with E-state index >= 15 is 0 Å². The lowest BCUT2D eigenvalue weighted by atomic mass is 10.2. The lowest BCUT2D eigenvalue weighted by molar-refractivity contribution is -0.116. The van der Waals surface area contributed by atoms with Gasteiger partial charge in [0.05, 0.1) is 4.90 Å². The summed E-state index contributed by atoms with van der Waals surface area (Å²) < 4.78 is 39.6. The number of carbonyl (C=O) groups excluding carboxylic acids is 1. The van der Waals surface area contributed by atoms with Gasteiger partial charge in [0.25, 0.3) is 0 Å². The van der Waals surface area contributed by atoms with E-state index in [1.54, 1.807) is 0 Å². The summed E-state index contributed by atoms with van der Waals surface area (Å²) in [5.74, 6) is -0.679. The molecule has 0 aliphatic rings. The van der Waals surface area contributed by atoms with Crippen LogP contribution in [0.3, 0.4) is 0 Å². The van der Waals surface area contributed by atoms with Crippen molar-refractivity contribution in [1.29, 1.82) is 0 Å². The molecule has 0 aromatic heterocycles. The first-order valence-electron chi connectivity index (χ1n) is 7.40. The monoisotopic (exact) mass is 350 g/mol. The minimum absolute atomic E-state index is 0.0193. The number of benzene rings is 2. The lowest BCUT2D eigenvalue weighted by Crippen LogP contribution is -2.37. The molecular weight excluding hydrogens is 331 g/mol. The highest BCUT2D eigenvalue weighted by Crippen LogP contribution is 2.19. The molecule has 0 bridgehead atoms. The first-order chi connectivity index (χ1) is 11.3. The normalized spacial score (nSPS) is 11.3. The first kappa shape index (κ1) is 18.1. The number of rotatable bonds is 6. The Morgan fingerprint density at radius 1 is 1.12 bits per heavy atom. The van der Waals surface area contributed by atoms with E-state index in [1.165, 1.54) is 24.0 Å². The number of anilines is 1. The summed E-state index contributed by atoms with van der Waals surface area (Å²) in [5.41, 5.74) is 1.67. The number of carbonyl (C=O) groups is 1. The van der Waals surface area contributed by atoms with Crippen molar-refractivity contribution in [3.63, 3.8) is 0 Å². The molecule has 0 spiro atoms. The zero-order valence-corrected chi connectivity index (χ0v) is 14.3. The van der Waals surface area contributed by atoms with Crippen LogP contribution in [-0.2, 0) is 14.8 Å². The van der Waals surface area contributed by atoms with Gasteiger partial charge in [-0.3, -0.25) is 4.79 Å². The molecular formula is C17H19FN2O3S. The molecule has 128 valence electrons. The van der Waals surface area contributed by atoms with Gasteiger partial charge in [0.1, 0.15) is 5.82 Å². The Labute approximate surface area is 141 Å². The number of sulfonamides is 1. The quantitative estimate of drug-likeness (QED) is 0.870. The van der Waals surface area contributed by atoms with Crippen molar-refractivity contribution in [1.82, 2.24) is 4.72 Å². The predicted molar refractivity (Wildman–Crippen MR) is 90.8 cm³/mol. The smallest absolute Gasteiger partial charge is 0.240 e. The highest BCUT2D eigenvalue weighted by molar-refractivity contribution is 7.89. The van der Waals surface area contributed by atoms with Crippen LogP contribution < -0.4 is 9.62 Å². The Hall–Kier alpha value is -2.25. The third-order valence-corrected chi connectivity index (χ3v) is 5.01. The topological polar surface area (TPSA) is 66.5 Å². The number of amides is 1. The van der Waals surface area contributed by atoms with Gasteiger partial charge in [-0.15, -0.1) is 0 Å². The fourth-order valence-corrected chi connectivity index (χ4v) is 3.32. The van der Waals surface area contributed by atoms with Crippen LogP contribution in [0.5, 0.6) is 0 Å². The molecule has 2 aromatic rings. The van der Waals surface area contributed by atoms with Crippen molar-refractivity contribution in [2.45, 2.75) is 18.7 Å². The van der Waals surface area contributed by atoms with Crippen molar-refractivity contribution < 1.29 is 17.6 Å². The number of nitrogens with zero attached hydrogens (tertiary/aromatic N) is 1. The number of halogens is 1. The van der Waals surface area contributed by atoms with Gasteiger partial charge < -0.3 is 4.90 Å². The van der Waals surface area contributed by atoms with Crippen molar-refractivity contribution in [2.24, 2.45) is 0 Å². The molecule has 0 saturated heterocycles. The molecule has 0 atom stereocenters. The van der Waals surface area contributed by atoms with Gasteiger partial charge in [-0.1, -0.05) is 18.2 Å². The summed E-state index contributed by atoms with van der Waals surface area (Å²) in [6.45, 7) is 3.56. The molecule has 0 unspecified atom stereocenters. The second kappa shape index (κ2) is 7.55. The van der Waals surface area contributed by atoms with Crippen LogP contribution >= 0.6 is 0 Å². The van der Waals surface area contributed by atoms with Gasteiger partial charge >= 0.3 is 0 Å². The minimum Gasteiger partial charge on any atom is -0.311 e. The van der Waals surface area contributed by atoms with Gasteiger partial charge in [-0.25, -0.2) is 17.5 Å². The molecule has 7 heteroatoms. The molecule has 0 heterocycles. The second-order valence-electron chi connectivity index (χ2n) is 5.31. The van der Waals surface area contributed by atoms with Crippen molar-refractivity contribution in [3.8, 4) is 0 Å². The van der Waals surface area contributed by atoms with Crippen LogP contribution in [0.25, 0.3) is 0 Å². The van der Waals surface area contributed by atoms with Crippen LogP contribution in [0.1, 0.15) is 12.5 Å². The van der Waals surface area contributed by atoms with E-state index in [-0.39, 0.29) is 23.9 Å². The van der Waals surface area contributed by atoms with E-state index in [4.69, 9.17) is 0 Å². The predicted octanol–water partition coefficient (Wildman–Crippen LogP) is 2.47. The van der Waals surface area contributed by atoms with E-state index in [0.717, 1.165) is 23.4 Å². The number of nitrogens with one attached hydrogen (secondary N) is 1. The zero-order valence-electron chi connectivity index (χ0n) is 13.5. The van der Waals surface area contributed by atoms with E-state index in [1.807, 2.05) is 31.2 Å². The first-order valence-corrected chi connectivity index (χ1v) is 8.88. The van der Waals surface area contributed by atoms with Gasteiger partial charge in [-0.05, 0) is 42.8 Å². The molecule has 24 heavy (non-hydrogen) atoms. The summed E-state index contributed by atoms with van der Waals surface area (Å²) in [5, 5.41) is 0. The number of para-hydroxylation sites is 1. The molecule has 1 N–H and O–H groups in total. The van der Waals surface area contributed by atoms with Crippen molar-refractivity contribution in [3.05, 3.63) is 59.9 Å². The number of hydrogen-bond acceptors (Lipinski definition) is 3. The van der Waals surface area contributed by atoms with E-state index < -0.39 is 15.8 Å². The average Bonchev–Trinajstić information content (AvgIpc) is 2.53. The molecule has 1 amide bonds. The fraction of sp³-hybridized carbons (Fsp3) is 0.235. The van der Waals surface area contributed by atoms with Gasteiger partial charge in [0.2, 0.25) is 15.9 Å². The van der Waals surface area contributed by atoms with E-state index in [2.05, 4.69) is 4.72 Å². The fourth-order valence-electron chi connectivity index (χ4n) is 2.30.